The Hall–Kier alpha value is -0.730. The van der Waals surface area contributed by atoms with Gasteiger partial charge in [-0.25, -0.2) is 4.79 Å². The Morgan fingerprint density at radius 1 is 1.27 bits per heavy atom. The fourth-order valence-corrected chi connectivity index (χ4v) is 1.86. The fraction of sp³-hybridized carbons (Fsp3) is 0.917. The molecule has 0 radical (unpaired) electrons. The van der Waals surface area contributed by atoms with Gasteiger partial charge >= 0.3 is 6.09 Å². The molecule has 0 aromatic carbocycles. The van der Waals surface area contributed by atoms with Gasteiger partial charge < -0.3 is 9.64 Å². The predicted molar refractivity (Wildman–Crippen MR) is 60.8 cm³/mol. The van der Waals surface area contributed by atoms with E-state index in [0.717, 1.165) is 13.0 Å². The largest absolute Gasteiger partial charge is 0.444 e. The number of rotatable bonds is 0. The number of hydrogen-bond acceptors (Lipinski definition) is 2. The molecule has 2 atom stereocenters. The zero-order valence-electron chi connectivity index (χ0n) is 10.5. The topological polar surface area (TPSA) is 29.5 Å². The summed E-state index contributed by atoms with van der Waals surface area (Å²) in [7, 11) is 0. The van der Waals surface area contributed by atoms with Crippen molar-refractivity contribution in [1.82, 2.24) is 4.90 Å². The minimum absolute atomic E-state index is 0.165. The molecule has 0 saturated carbocycles. The highest BCUT2D eigenvalue weighted by Gasteiger charge is 2.30. The minimum atomic E-state index is -0.391. The van der Waals surface area contributed by atoms with E-state index in [4.69, 9.17) is 4.74 Å². The van der Waals surface area contributed by atoms with E-state index < -0.39 is 5.60 Å². The van der Waals surface area contributed by atoms with E-state index in [1.54, 1.807) is 0 Å². The number of carbonyl (C=O) groups excluding carboxylic acids is 1. The Morgan fingerprint density at radius 3 is 2.40 bits per heavy atom. The van der Waals surface area contributed by atoms with Gasteiger partial charge in [-0.05, 0) is 46.5 Å². The van der Waals surface area contributed by atoms with Crippen LogP contribution in [0.5, 0.6) is 0 Å². The van der Waals surface area contributed by atoms with E-state index in [1.165, 1.54) is 6.42 Å². The maximum atomic E-state index is 11.9. The molecular weight excluding hydrogens is 190 g/mol. The molecule has 1 heterocycles. The standard InChI is InChI=1S/C12H23NO2/c1-9-6-7-10(2)13(8-9)11(14)15-12(3,4)5/h9-10H,6-8H2,1-5H3/t9-,10-/m1/s1. The van der Waals surface area contributed by atoms with Crippen LogP contribution in [0.4, 0.5) is 4.79 Å². The van der Waals surface area contributed by atoms with E-state index in [9.17, 15) is 4.79 Å². The van der Waals surface area contributed by atoms with Gasteiger partial charge in [-0.3, -0.25) is 0 Å². The second-order valence-electron chi connectivity index (χ2n) is 5.66. The molecule has 1 amide bonds. The second kappa shape index (κ2) is 4.42. The van der Waals surface area contributed by atoms with Gasteiger partial charge in [-0.1, -0.05) is 6.92 Å². The molecule has 0 bridgehead atoms. The lowest BCUT2D eigenvalue weighted by molar-refractivity contribution is 0.00654. The average Bonchev–Trinajstić information content (AvgIpc) is 2.06. The summed E-state index contributed by atoms with van der Waals surface area (Å²) in [4.78, 5) is 13.7. The van der Waals surface area contributed by atoms with Crippen molar-refractivity contribution >= 4 is 6.09 Å². The molecule has 1 aliphatic heterocycles. The van der Waals surface area contributed by atoms with Crippen molar-refractivity contribution < 1.29 is 9.53 Å². The van der Waals surface area contributed by atoms with E-state index in [2.05, 4.69) is 13.8 Å². The molecule has 3 nitrogen and oxygen atoms in total. The van der Waals surface area contributed by atoms with Crippen LogP contribution in [0.2, 0.25) is 0 Å². The maximum absolute atomic E-state index is 11.9. The zero-order valence-corrected chi connectivity index (χ0v) is 10.5. The van der Waals surface area contributed by atoms with Crippen molar-refractivity contribution in [3.63, 3.8) is 0 Å². The Morgan fingerprint density at radius 2 is 1.87 bits per heavy atom. The second-order valence-corrected chi connectivity index (χ2v) is 5.66. The van der Waals surface area contributed by atoms with Crippen LogP contribution < -0.4 is 0 Å². The van der Waals surface area contributed by atoms with E-state index >= 15 is 0 Å². The van der Waals surface area contributed by atoms with Gasteiger partial charge in [-0.15, -0.1) is 0 Å². The summed E-state index contributed by atoms with van der Waals surface area (Å²) in [6.07, 6.45) is 2.13. The van der Waals surface area contributed by atoms with E-state index in [0.29, 0.717) is 12.0 Å². The van der Waals surface area contributed by atoms with Crippen LogP contribution >= 0.6 is 0 Å². The molecule has 0 N–H and O–H groups in total. The zero-order chi connectivity index (χ0) is 11.6. The van der Waals surface area contributed by atoms with E-state index in [1.807, 2.05) is 25.7 Å². The average molecular weight is 213 g/mol. The first-order valence-corrected chi connectivity index (χ1v) is 5.79. The molecule has 1 rings (SSSR count). The molecule has 15 heavy (non-hydrogen) atoms. The van der Waals surface area contributed by atoms with Crippen LogP contribution in [0.3, 0.4) is 0 Å². The molecule has 0 aromatic heterocycles. The molecule has 1 fully saturated rings. The third-order valence-electron chi connectivity index (χ3n) is 2.75. The highest BCUT2D eigenvalue weighted by atomic mass is 16.6. The Labute approximate surface area is 92.8 Å². The summed E-state index contributed by atoms with van der Waals surface area (Å²) in [6, 6.07) is 0.316. The normalized spacial score (nSPS) is 27.7. The summed E-state index contributed by atoms with van der Waals surface area (Å²) >= 11 is 0. The minimum Gasteiger partial charge on any atom is -0.444 e. The molecule has 88 valence electrons. The summed E-state index contributed by atoms with van der Waals surface area (Å²) < 4.78 is 5.38. The smallest absolute Gasteiger partial charge is 0.410 e. The molecule has 3 heteroatoms. The summed E-state index contributed by atoms with van der Waals surface area (Å²) in [6.45, 7) is 10.8. The van der Waals surface area contributed by atoms with Crippen molar-refractivity contribution in [1.29, 1.82) is 0 Å². The van der Waals surface area contributed by atoms with Gasteiger partial charge in [0.05, 0.1) is 0 Å². The Kier molecular flexibility index (Phi) is 3.63. The summed E-state index contributed by atoms with van der Waals surface area (Å²) in [5, 5.41) is 0. The van der Waals surface area contributed by atoms with Gasteiger partial charge in [0.2, 0.25) is 0 Å². The number of amides is 1. The quantitative estimate of drug-likeness (QED) is 0.619. The summed E-state index contributed by atoms with van der Waals surface area (Å²) in [5.74, 6) is 0.591. The first-order chi connectivity index (χ1) is 6.79. The lowest BCUT2D eigenvalue weighted by atomic mass is 9.95. The SMILES string of the molecule is C[C@@H]1CC[C@@H](C)N(C(=O)OC(C)(C)C)C1. The highest BCUT2D eigenvalue weighted by molar-refractivity contribution is 5.68. The molecular formula is C12H23NO2. The van der Waals surface area contributed by atoms with Crippen LogP contribution in [-0.2, 0) is 4.74 Å². The number of nitrogens with zero attached hydrogens (tertiary/aromatic N) is 1. The van der Waals surface area contributed by atoms with Gasteiger partial charge in [0.15, 0.2) is 0 Å². The highest BCUT2D eigenvalue weighted by Crippen LogP contribution is 2.23. The maximum Gasteiger partial charge on any atom is 0.410 e. The van der Waals surface area contributed by atoms with Gasteiger partial charge in [0, 0.05) is 12.6 Å². The Bertz CT molecular complexity index is 232. The lowest BCUT2D eigenvalue weighted by Crippen LogP contribution is -2.47. The fourth-order valence-electron chi connectivity index (χ4n) is 1.86. The molecule has 1 aliphatic rings. The van der Waals surface area contributed by atoms with Crippen molar-refractivity contribution in [2.45, 2.75) is 59.1 Å². The molecule has 0 aromatic rings. The van der Waals surface area contributed by atoms with Crippen LogP contribution in [0, 0.1) is 5.92 Å². The number of likely N-dealkylation sites (tertiary alicyclic amines) is 1. The van der Waals surface area contributed by atoms with Crippen molar-refractivity contribution in [3.05, 3.63) is 0 Å². The lowest BCUT2D eigenvalue weighted by Gasteiger charge is -2.37. The third-order valence-corrected chi connectivity index (χ3v) is 2.75. The first-order valence-electron chi connectivity index (χ1n) is 5.79. The van der Waals surface area contributed by atoms with Gasteiger partial charge in [0.25, 0.3) is 0 Å². The molecule has 0 aliphatic carbocycles. The number of ether oxygens (including phenoxy) is 1. The van der Waals surface area contributed by atoms with Gasteiger partial charge in [0.1, 0.15) is 5.60 Å². The number of carbonyl (C=O) groups is 1. The van der Waals surface area contributed by atoms with Crippen LogP contribution in [0.1, 0.15) is 47.5 Å². The predicted octanol–water partition coefficient (Wildman–Crippen LogP) is 3.04. The van der Waals surface area contributed by atoms with Gasteiger partial charge in [-0.2, -0.15) is 0 Å². The van der Waals surface area contributed by atoms with Crippen molar-refractivity contribution in [2.24, 2.45) is 5.92 Å². The van der Waals surface area contributed by atoms with Crippen molar-refractivity contribution in [2.75, 3.05) is 6.54 Å². The van der Waals surface area contributed by atoms with Crippen molar-refractivity contribution in [3.8, 4) is 0 Å². The van der Waals surface area contributed by atoms with Crippen LogP contribution in [0.25, 0.3) is 0 Å². The van der Waals surface area contributed by atoms with Crippen LogP contribution in [-0.4, -0.2) is 29.2 Å². The molecule has 0 unspecified atom stereocenters. The first kappa shape index (κ1) is 12.3. The summed E-state index contributed by atoms with van der Waals surface area (Å²) in [5.41, 5.74) is -0.391. The van der Waals surface area contributed by atoms with E-state index in [-0.39, 0.29) is 6.09 Å². The third kappa shape index (κ3) is 3.73. The Balaban J connectivity index is 2.57. The number of hydrogen-bond donors (Lipinski definition) is 0. The monoisotopic (exact) mass is 213 g/mol. The molecule has 0 spiro atoms. The van der Waals surface area contributed by atoms with Crippen LogP contribution in [0.15, 0.2) is 0 Å². The number of piperidine rings is 1. The molecule has 1 saturated heterocycles.